The maximum atomic E-state index is 11.9. The quantitative estimate of drug-likeness (QED) is 0.636. The fourth-order valence-corrected chi connectivity index (χ4v) is 2.64. The van der Waals surface area contributed by atoms with E-state index in [0.29, 0.717) is 22.2 Å². The molecule has 1 fully saturated rings. The summed E-state index contributed by atoms with van der Waals surface area (Å²) in [7, 11) is 0.515. The van der Waals surface area contributed by atoms with Gasteiger partial charge in [-0.1, -0.05) is 32.9 Å². The summed E-state index contributed by atoms with van der Waals surface area (Å²) in [4.78, 5) is 11.9. The van der Waals surface area contributed by atoms with E-state index in [0.717, 1.165) is 12.2 Å². The second-order valence-electron chi connectivity index (χ2n) is 6.73. The van der Waals surface area contributed by atoms with Crippen LogP contribution in [0, 0.1) is 0 Å². The van der Waals surface area contributed by atoms with Gasteiger partial charge in [-0.25, -0.2) is 5.09 Å². The standard InChI is InChI=1S/C17H25NO4P/c1-12(16(19)21-15-9-10-20-11-15)18-23-22-14-7-5-13(6-8-14)17(2,3)4/h5-8,12,15,18H,9-11H2,1-4H3/t12-,15-/m0/s1. The number of hydrogen-bond acceptors (Lipinski definition) is 5. The summed E-state index contributed by atoms with van der Waals surface area (Å²) in [6.07, 6.45) is 0.654. The highest BCUT2D eigenvalue weighted by molar-refractivity contribution is 7.30. The zero-order valence-corrected chi connectivity index (χ0v) is 15.1. The first kappa shape index (κ1) is 18.2. The van der Waals surface area contributed by atoms with Crippen molar-refractivity contribution in [3.8, 4) is 5.75 Å². The summed E-state index contributed by atoms with van der Waals surface area (Å²) in [5.41, 5.74) is 1.38. The van der Waals surface area contributed by atoms with Gasteiger partial charge in [0.1, 0.15) is 17.9 Å². The molecule has 5 nitrogen and oxygen atoms in total. The average Bonchev–Trinajstić information content (AvgIpc) is 2.99. The van der Waals surface area contributed by atoms with Crippen LogP contribution in [0.5, 0.6) is 5.75 Å². The average molecular weight is 338 g/mol. The van der Waals surface area contributed by atoms with E-state index >= 15 is 0 Å². The molecule has 0 bridgehead atoms. The van der Waals surface area contributed by atoms with E-state index in [1.165, 1.54) is 5.56 Å². The molecule has 1 radical (unpaired) electrons. The summed E-state index contributed by atoms with van der Waals surface area (Å²) in [5, 5.41) is 2.98. The fraction of sp³-hybridized carbons (Fsp3) is 0.588. The summed E-state index contributed by atoms with van der Waals surface area (Å²) in [6.45, 7) is 9.43. The Hall–Kier alpha value is -1.16. The zero-order valence-electron chi connectivity index (χ0n) is 14.2. The van der Waals surface area contributed by atoms with Gasteiger partial charge >= 0.3 is 5.97 Å². The summed E-state index contributed by atoms with van der Waals surface area (Å²) < 4.78 is 16.1. The number of carbonyl (C=O) groups is 1. The van der Waals surface area contributed by atoms with E-state index in [-0.39, 0.29) is 17.5 Å². The van der Waals surface area contributed by atoms with Crippen LogP contribution in [-0.2, 0) is 19.7 Å². The van der Waals surface area contributed by atoms with Gasteiger partial charge in [0.15, 0.2) is 0 Å². The maximum absolute atomic E-state index is 11.9. The maximum Gasteiger partial charge on any atom is 0.323 e. The number of nitrogens with one attached hydrogen (secondary N) is 1. The Morgan fingerprint density at radius 2 is 2.04 bits per heavy atom. The molecule has 6 heteroatoms. The third kappa shape index (κ3) is 5.76. The lowest BCUT2D eigenvalue weighted by Gasteiger charge is -2.19. The van der Waals surface area contributed by atoms with E-state index < -0.39 is 6.04 Å². The van der Waals surface area contributed by atoms with Crippen LogP contribution in [0.25, 0.3) is 0 Å². The van der Waals surface area contributed by atoms with Crippen molar-refractivity contribution < 1.29 is 18.8 Å². The van der Waals surface area contributed by atoms with Crippen molar-refractivity contribution in [1.29, 1.82) is 0 Å². The number of esters is 1. The van der Waals surface area contributed by atoms with E-state index in [2.05, 4.69) is 38.0 Å². The number of benzene rings is 1. The number of rotatable bonds is 6. The van der Waals surface area contributed by atoms with Gasteiger partial charge in [-0.2, -0.15) is 0 Å². The molecule has 0 spiro atoms. The van der Waals surface area contributed by atoms with Crippen LogP contribution < -0.4 is 9.61 Å². The Bertz CT molecular complexity index is 506. The van der Waals surface area contributed by atoms with E-state index in [4.69, 9.17) is 14.0 Å². The minimum absolute atomic E-state index is 0.116. The van der Waals surface area contributed by atoms with Crippen LogP contribution in [0.4, 0.5) is 0 Å². The lowest BCUT2D eigenvalue weighted by molar-refractivity contribution is -0.150. The van der Waals surface area contributed by atoms with Crippen LogP contribution in [0.3, 0.4) is 0 Å². The van der Waals surface area contributed by atoms with E-state index in [9.17, 15) is 4.79 Å². The number of hydrogen-bond donors (Lipinski definition) is 1. The molecule has 0 amide bonds. The number of carbonyl (C=O) groups excluding carboxylic acids is 1. The molecule has 0 unspecified atom stereocenters. The predicted octanol–water partition coefficient (Wildman–Crippen LogP) is 3.45. The molecule has 0 aromatic heterocycles. The van der Waals surface area contributed by atoms with Gasteiger partial charge in [-0.05, 0) is 30.0 Å². The van der Waals surface area contributed by atoms with Crippen molar-refractivity contribution in [3.05, 3.63) is 29.8 Å². The van der Waals surface area contributed by atoms with Crippen LogP contribution in [0.15, 0.2) is 24.3 Å². The van der Waals surface area contributed by atoms with Crippen molar-refractivity contribution in [2.24, 2.45) is 0 Å². The van der Waals surface area contributed by atoms with Crippen molar-refractivity contribution in [2.45, 2.75) is 51.7 Å². The molecule has 1 aliphatic heterocycles. The van der Waals surface area contributed by atoms with Gasteiger partial charge in [0.2, 0.25) is 8.96 Å². The van der Waals surface area contributed by atoms with E-state index in [1.807, 2.05) is 12.1 Å². The molecule has 1 aliphatic rings. The molecule has 23 heavy (non-hydrogen) atoms. The van der Waals surface area contributed by atoms with Crippen molar-refractivity contribution in [2.75, 3.05) is 13.2 Å². The monoisotopic (exact) mass is 338 g/mol. The van der Waals surface area contributed by atoms with Crippen LogP contribution >= 0.6 is 8.96 Å². The lowest BCUT2D eigenvalue weighted by atomic mass is 9.87. The molecule has 0 aliphatic carbocycles. The van der Waals surface area contributed by atoms with Gasteiger partial charge in [-0.15, -0.1) is 0 Å². The Morgan fingerprint density at radius 3 is 2.61 bits per heavy atom. The molecule has 1 N–H and O–H groups in total. The molecule has 1 aromatic rings. The van der Waals surface area contributed by atoms with Gasteiger partial charge in [0.05, 0.1) is 13.2 Å². The van der Waals surface area contributed by atoms with Crippen molar-refractivity contribution in [3.63, 3.8) is 0 Å². The van der Waals surface area contributed by atoms with Crippen LogP contribution in [0.1, 0.15) is 39.7 Å². The highest BCUT2D eigenvalue weighted by Crippen LogP contribution is 2.26. The van der Waals surface area contributed by atoms with Crippen LogP contribution in [0.2, 0.25) is 0 Å². The fourth-order valence-electron chi connectivity index (χ4n) is 2.10. The topological polar surface area (TPSA) is 56.8 Å². The van der Waals surface area contributed by atoms with Crippen LogP contribution in [-0.4, -0.2) is 31.3 Å². The molecule has 0 saturated carbocycles. The normalized spacial score (nSPS) is 19.9. The highest BCUT2D eigenvalue weighted by atomic mass is 31.1. The van der Waals surface area contributed by atoms with Crippen molar-refractivity contribution >= 4 is 14.9 Å². The molecule has 127 valence electrons. The van der Waals surface area contributed by atoms with Gasteiger partial charge in [0, 0.05) is 6.42 Å². The molecule has 1 saturated heterocycles. The highest BCUT2D eigenvalue weighted by Gasteiger charge is 2.23. The Labute approximate surface area is 140 Å². The zero-order chi connectivity index (χ0) is 16.9. The SMILES string of the molecule is C[C@H](N[P]Oc1ccc(C(C)(C)C)cc1)C(=O)O[C@H]1CCOC1. The third-order valence-electron chi connectivity index (χ3n) is 3.64. The van der Waals surface area contributed by atoms with Gasteiger partial charge < -0.3 is 14.0 Å². The van der Waals surface area contributed by atoms with E-state index in [1.54, 1.807) is 6.92 Å². The smallest absolute Gasteiger partial charge is 0.323 e. The molecule has 2 rings (SSSR count). The first-order valence-electron chi connectivity index (χ1n) is 7.87. The van der Waals surface area contributed by atoms with Gasteiger partial charge in [-0.3, -0.25) is 4.79 Å². The molecule has 1 heterocycles. The second-order valence-corrected chi connectivity index (χ2v) is 7.35. The molecular formula is C17H25NO4P. The lowest BCUT2D eigenvalue weighted by Crippen LogP contribution is -2.33. The molecular weight excluding hydrogens is 313 g/mol. The predicted molar refractivity (Wildman–Crippen MR) is 90.6 cm³/mol. The largest absolute Gasteiger partial charge is 0.459 e. The Balaban J connectivity index is 1.72. The Kier molecular flexibility index (Phi) is 6.40. The van der Waals surface area contributed by atoms with Crippen molar-refractivity contribution in [1.82, 2.24) is 5.09 Å². The summed E-state index contributed by atoms with van der Waals surface area (Å²) in [5.74, 6) is 0.483. The molecule has 2 atom stereocenters. The summed E-state index contributed by atoms with van der Waals surface area (Å²) in [6, 6.07) is 7.57. The first-order chi connectivity index (χ1) is 10.9. The summed E-state index contributed by atoms with van der Waals surface area (Å²) >= 11 is 0. The minimum atomic E-state index is -0.425. The Morgan fingerprint density at radius 1 is 1.35 bits per heavy atom. The first-order valence-corrected chi connectivity index (χ1v) is 8.69. The second kappa shape index (κ2) is 8.09. The third-order valence-corrected chi connectivity index (χ3v) is 4.44. The van der Waals surface area contributed by atoms with Gasteiger partial charge in [0.25, 0.3) is 0 Å². The number of ether oxygens (including phenoxy) is 2. The minimum Gasteiger partial charge on any atom is -0.459 e. The molecule has 1 aromatic carbocycles.